The molecule has 172 valence electrons. The van der Waals surface area contributed by atoms with Gasteiger partial charge in [0.25, 0.3) is 5.89 Å². The van der Waals surface area contributed by atoms with Crippen molar-refractivity contribution in [3.05, 3.63) is 70.7 Å². The van der Waals surface area contributed by atoms with Crippen LogP contribution in [0, 0.1) is 0 Å². The molecule has 0 radical (unpaired) electrons. The molecule has 1 N–H and O–H groups in total. The van der Waals surface area contributed by atoms with Crippen LogP contribution in [0.4, 0.5) is 0 Å². The fraction of sp³-hybridized carbons (Fsp3) is 0.320. The summed E-state index contributed by atoms with van der Waals surface area (Å²) in [4.78, 5) is 8.11. The molecule has 0 spiro atoms. The number of benzene rings is 2. The highest BCUT2D eigenvalue weighted by molar-refractivity contribution is 7.98. The van der Waals surface area contributed by atoms with Crippen molar-refractivity contribution < 1.29 is 4.52 Å². The molecule has 0 aliphatic carbocycles. The molecule has 1 aromatic heterocycles. The Hall–Kier alpha value is -2.35. The maximum Gasteiger partial charge on any atom is 0.258 e. The maximum atomic E-state index is 6.31. The number of thiocarbonyl (C=S) groups is 1. The Morgan fingerprint density at radius 2 is 1.97 bits per heavy atom. The molecule has 0 bridgehead atoms. The molecule has 0 saturated carbocycles. The smallest absolute Gasteiger partial charge is 0.258 e. The highest BCUT2D eigenvalue weighted by atomic mass is 35.5. The van der Waals surface area contributed by atoms with E-state index in [-0.39, 0.29) is 6.04 Å². The lowest BCUT2D eigenvalue weighted by Gasteiger charge is -2.37. The second-order valence-electron chi connectivity index (χ2n) is 7.95. The second kappa shape index (κ2) is 10.7. The summed E-state index contributed by atoms with van der Waals surface area (Å²) in [6.45, 7) is 5.11. The third kappa shape index (κ3) is 5.26. The van der Waals surface area contributed by atoms with Crippen LogP contribution in [0.3, 0.4) is 0 Å². The van der Waals surface area contributed by atoms with Gasteiger partial charge in [0.05, 0.1) is 11.6 Å². The van der Waals surface area contributed by atoms with Crippen LogP contribution in [0.25, 0.3) is 17.0 Å². The predicted octanol–water partition coefficient (Wildman–Crippen LogP) is 6.96. The molecule has 1 atom stereocenters. The van der Waals surface area contributed by atoms with E-state index in [4.69, 9.17) is 33.3 Å². The summed E-state index contributed by atoms with van der Waals surface area (Å²) >= 11 is 13.8. The molecule has 1 aliphatic heterocycles. The van der Waals surface area contributed by atoms with Gasteiger partial charge in [-0.05, 0) is 73.8 Å². The average molecular weight is 499 g/mol. The topological polar surface area (TPSA) is 54.2 Å². The van der Waals surface area contributed by atoms with E-state index in [0.29, 0.717) is 21.9 Å². The lowest BCUT2D eigenvalue weighted by Crippen LogP contribution is -2.46. The Kier molecular flexibility index (Phi) is 7.73. The summed E-state index contributed by atoms with van der Waals surface area (Å²) in [6.07, 6.45) is 5.41. The Morgan fingerprint density at radius 1 is 1.18 bits per heavy atom. The van der Waals surface area contributed by atoms with Crippen molar-refractivity contribution in [3.8, 4) is 11.4 Å². The van der Waals surface area contributed by atoms with Gasteiger partial charge in [-0.1, -0.05) is 48.7 Å². The maximum absolute atomic E-state index is 6.31. The first-order valence-corrected chi connectivity index (χ1v) is 13.1. The number of aromatic nitrogens is 2. The molecule has 33 heavy (non-hydrogen) atoms. The number of unbranched alkanes of at least 4 members (excludes halogenated alkanes) is 2. The number of nitrogens with one attached hydrogen (secondary N) is 1. The van der Waals surface area contributed by atoms with Crippen molar-refractivity contribution in [3.63, 3.8) is 0 Å². The van der Waals surface area contributed by atoms with Crippen LogP contribution in [0.1, 0.15) is 50.6 Å². The minimum absolute atomic E-state index is 0.231. The van der Waals surface area contributed by atoms with Crippen molar-refractivity contribution in [2.24, 2.45) is 0 Å². The molecule has 5 nitrogen and oxygen atoms in total. The van der Waals surface area contributed by atoms with Crippen molar-refractivity contribution in [1.82, 2.24) is 20.4 Å². The highest BCUT2D eigenvalue weighted by Gasteiger charge is 2.34. The molecule has 0 fully saturated rings. The lowest BCUT2D eigenvalue weighted by molar-refractivity contribution is 0.395. The van der Waals surface area contributed by atoms with Gasteiger partial charge >= 0.3 is 0 Å². The predicted molar refractivity (Wildman–Crippen MR) is 140 cm³/mol. The Balaban J connectivity index is 1.75. The Labute approximate surface area is 209 Å². The fourth-order valence-corrected chi connectivity index (χ4v) is 4.93. The van der Waals surface area contributed by atoms with Gasteiger partial charge in [-0.15, -0.1) is 11.8 Å². The van der Waals surface area contributed by atoms with Crippen LogP contribution in [0.5, 0.6) is 0 Å². The molecule has 1 aliphatic rings. The van der Waals surface area contributed by atoms with E-state index in [9.17, 15) is 0 Å². The molecular weight excluding hydrogens is 472 g/mol. The zero-order valence-electron chi connectivity index (χ0n) is 19.0. The molecule has 0 amide bonds. The summed E-state index contributed by atoms with van der Waals surface area (Å²) in [7, 11) is 0. The van der Waals surface area contributed by atoms with Gasteiger partial charge in [-0.3, -0.25) is 0 Å². The zero-order chi connectivity index (χ0) is 23.4. The van der Waals surface area contributed by atoms with Crippen LogP contribution in [0.2, 0.25) is 5.02 Å². The summed E-state index contributed by atoms with van der Waals surface area (Å²) in [5.74, 6) is 1.05. The zero-order valence-corrected chi connectivity index (χ0v) is 21.4. The van der Waals surface area contributed by atoms with Crippen LogP contribution in [-0.2, 0) is 0 Å². The Morgan fingerprint density at radius 3 is 2.67 bits per heavy atom. The largest absolute Gasteiger partial charge is 0.351 e. The van der Waals surface area contributed by atoms with Crippen molar-refractivity contribution >= 4 is 46.3 Å². The van der Waals surface area contributed by atoms with Crippen LogP contribution in [-0.4, -0.2) is 33.0 Å². The van der Waals surface area contributed by atoms with E-state index in [2.05, 4.69) is 47.6 Å². The summed E-state index contributed by atoms with van der Waals surface area (Å²) < 4.78 is 5.81. The van der Waals surface area contributed by atoms with Crippen molar-refractivity contribution in [1.29, 1.82) is 0 Å². The molecule has 1 unspecified atom stereocenters. The van der Waals surface area contributed by atoms with Gasteiger partial charge in [0.15, 0.2) is 5.11 Å². The van der Waals surface area contributed by atoms with Crippen molar-refractivity contribution in [2.45, 2.75) is 44.0 Å². The van der Waals surface area contributed by atoms with Gasteiger partial charge < -0.3 is 14.7 Å². The summed E-state index contributed by atoms with van der Waals surface area (Å²) in [5, 5.41) is 9.14. The van der Waals surface area contributed by atoms with E-state index < -0.39 is 0 Å². The number of hydrogen-bond acceptors (Lipinski definition) is 5. The Bertz CT molecular complexity index is 1160. The summed E-state index contributed by atoms with van der Waals surface area (Å²) in [5.41, 5.74) is 3.85. The number of rotatable bonds is 8. The molecule has 3 aromatic rings. The average Bonchev–Trinajstić information content (AvgIpc) is 3.30. The molecule has 2 aromatic carbocycles. The van der Waals surface area contributed by atoms with Crippen LogP contribution < -0.4 is 5.32 Å². The van der Waals surface area contributed by atoms with Gasteiger partial charge in [0, 0.05) is 27.7 Å². The quantitative estimate of drug-likeness (QED) is 0.204. The number of hydrogen-bond donors (Lipinski definition) is 1. The standard InChI is InChI=1S/C25H27ClN4OS2/c1-4-5-6-14-30-16(2)21(22(27-25(30)32)18-8-7-9-19(26)15-18)24-28-23(29-31-24)17-10-12-20(33-3)13-11-17/h7-13,15,22H,4-6,14H2,1-3H3,(H,27,32). The second-order valence-corrected chi connectivity index (χ2v) is 9.65. The molecule has 4 rings (SSSR count). The number of allylic oxidation sites excluding steroid dienone is 1. The number of thioether (sulfide) groups is 1. The fourth-order valence-electron chi connectivity index (χ4n) is 3.97. The molecule has 2 heterocycles. The van der Waals surface area contributed by atoms with E-state index in [1.165, 1.54) is 4.90 Å². The molecule has 0 saturated heterocycles. The van der Waals surface area contributed by atoms with Crippen LogP contribution >= 0.6 is 35.6 Å². The van der Waals surface area contributed by atoms with Gasteiger partial charge in [-0.2, -0.15) is 4.98 Å². The van der Waals surface area contributed by atoms with Crippen molar-refractivity contribution in [2.75, 3.05) is 12.8 Å². The molecular formula is C25H27ClN4OS2. The van der Waals surface area contributed by atoms with Gasteiger partial charge in [0.2, 0.25) is 5.82 Å². The van der Waals surface area contributed by atoms with Gasteiger partial charge in [-0.25, -0.2) is 0 Å². The number of halogens is 1. The minimum atomic E-state index is -0.231. The highest BCUT2D eigenvalue weighted by Crippen LogP contribution is 2.38. The summed E-state index contributed by atoms with van der Waals surface area (Å²) in [6, 6.07) is 15.7. The normalized spacial score (nSPS) is 16.3. The lowest BCUT2D eigenvalue weighted by atomic mass is 9.94. The first-order valence-electron chi connectivity index (χ1n) is 11.0. The van der Waals surface area contributed by atoms with E-state index in [1.54, 1.807) is 11.8 Å². The first-order chi connectivity index (χ1) is 16.0. The monoisotopic (exact) mass is 498 g/mol. The van der Waals surface area contributed by atoms with Gasteiger partial charge in [0.1, 0.15) is 0 Å². The molecule has 8 heteroatoms. The van der Waals surface area contributed by atoms with E-state index in [0.717, 1.165) is 48.2 Å². The number of nitrogens with zero attached hydrogens (tertiary/aromatic N) is 3. The van der Waals surface area contributed by atoms with E-state index in [1.807, 2.05) is 36.4 Å². The third-order valence-electron chi connectivity index (χ3n) is 5.77. The van der Waals surface area contributed by atoms with Crippen LogP contribution in [0.15, 0.2) is 63.6 Å². The SMILES string of the molecule is CCCCCN1C(=S)NC(c2cccc(Cl)c2)C(c2nc(-c3ccc(SC)cc3)no2)=C1C. The third-order valence-corrected chi connectivity index (χ3v) is 7.09. The van der Waals surface area contributed by atoms with E-state index >= 15 is 0 Å². The minimum Gasteiger partial charge on any atom is -0.351 e. The first kappa shape index (κ1) is 23.8.